The molecule has 130 valence electrons. The van der Waals surface area contributed by atoms with Gasteiger partial charge in [-0.15, -0.1) is 0 Å². The molecule has 1 aromatic carbocycles. The van der Waals surface area contributed by atoms with E-state index in [9.17, 15) is 8.78 Å². The van der Waals surface area contributed by atoms with E-state index in [4.69, 9.17) is 0 Å². The lowest BCUT2D eigenvalue weighted by molar-refractivity contribution is 0.0895. The number of nitrogens with zero attached hydrogens (tertiary/aromatic N) is 5. The molecule has 1 aromatic heterocycles. The van der Waals surface area contributed by atoms with E-state index in [1.54, 1.807) is 18.7 Å². The molecule has 5 nitrogen and oxygen atoms in total. The zero-order valence-corrected chi connectivity index (χ0v) is 13.9. The Morgan fingerprint density at radius 1 is 1.12 bits per heavy atom. The fourth-order valence-corrected chi connectivity index (χ4v) is 3.34. The molecule has 3 rings (SSSR count). The van der Waals surface area contributed by atoms with E-state index in [1.165, 1.54) is 6.07 Å². The molecule has 1 saturated heterocycles. The van der Waals surface area contributed by atoms with Crippen LogP contribution in [0.15, 0.2) is 30.9 Å². The number of hydrogen-bond acceptors (Lipinski definition) is 4. The molecule has 1 fully saturated rings. The van der Waals surface area contributed by atoms with Gasteiger partial charge in [-0.05, 0) is 12.5 Å². The summed E-state index contributed by atoms with van der Waals surface area (Å²) in [5.41, 5.74) is 0.593. The normalized spacial score (nSPS) is 18.0. The van der Waals surface area contributed by atoms with Crippen LogP contribution in [0.3, 0.4) is 0 Å². The average Bonchev–Trinajstić information content (AvgIpc) is 3.10. The van der Waals surface area contributed by atoms with Gasteiger partial charge in [0, 0.05) is 50.4 Å². The van der Waals surface area contributed by atoms with Gasteiger partial charge in [-0.1, -0.05) is 13.0 Å². The Labute approximate surface area is 140 Å². The first-order valence-corrected chi connectivity index (χ1v) is 8.41. The van der Waals surface area contributed by atoms with Crippen LogP contribution in [0.1, 0.15) is 24.9 Å². The fraction of sp³-hybridized carbons (Fsp3) is 0.529. The number of aromatic nitrogens is 3. The molecule has 24 heavy (non-hydrogen) atoms. The molecule has 1 aliphatic heterocycles. The first-order valence-electron chi connectivity index (χ1n) is 8.41. The fourth-order valence-electron chi connectivity index (χ4n) is 3.34. The van der Waals surface area contributed by atoms with Gasteiger partial charge in [-0.3, -0.25) is 14.5 Å². The van der Waals surface area contributed by atoms with Crippen LogP contribution >= 0.6 is 0 Å². The monoisotopic (exact) mass is 335 g/mol. The maximum absolute atomic E-state index is 14.1. The summed E-state index contributed by atoms with van der Waals surface area (Å²) in [6, 6.07) is 3.90. The van der Waals surface area contributed by atoms with Crippen molar-refractivity contribution in [3.05, 3.63) is 48.1 Å². The van der Waals surface area contributed by atoms with Crippen molar-refractivity contribution in [2.24, 2.45) is 0 Å². The SMILES string of the molecule is CC[C@H](c1ccc(F)cc1F)N1CCN(CCn2cncn2)CC1. The lowest BCUT2D eigenvalue weighted by Crippen LogP contribution is -2.48. The standard InChI is InChI=1S/C17H23F2N5/c1-2-17(15-4-3-14(18)11-16(15)19)23-8-5-22(6-9-23)7-10-24-13-20-12-21-24/h3-4,11-13,17H,2,5-10H2,1H3/t17-/m1/s1. The molecule has 0 aliphatic carbocycles. The number of benzene rings is 1. The third-order valence-electron chi connectivity index (χ3n) is 4.67. The largest absolute Gasteiger partial charge is 0.299 e. The predicted octanol–water partition coefficient (Wildman–Crippen LogP) is 2.33. The van der Waals surface area contributed by atoms with E-state index in [-0.39, 0.29) is 6.04 Å². The Morgan fingerprint density at radius 3 is 2.54 bits per heavy atom. The van der Waals surface area contributed by atoms with E-state index in [0.29, 0.717) is 5.56 Å². The van der Waals surface area contributed by atoms with Gasteiger partial charge in [0.1, 0.15) is 24.3 Å². The van der Waals surface area contributed by atoms with Crippen molar-refractivity contribution in [1.82, 2.24) is 24.6 Å². The van der Waals surface area contributed by atoms with Crippen molar-refractivity contribution in [1.29, 1.82) is 0 Å². The molecule has 7 heteroatoms. The molecule has 0 saturated carbocycles. The second kappa shape index (κ2) is 7.81. The molecule has 2 heterocycles. The van der Waals surface area contributed by atoms with Crippen molar-refractivity contribution < 1.29 is 8.78 Å². The van der Waals surface area contributed by atoms with Crippen molar-refractivity contribution in [2.45, 2.75) is 25.9 Å². The average molecular weight is 335 g/mol. The van der Waals surface area contributed by atoms with E-state index in [2.05, 4.69) is 19.9 Å². The van der Waals surface area contributed by atoms with Crippen LogP contribution in [0.5, 0.6) is 0 Å². The lowest BCUT2D eigenvalue weighted by atomic mass is 10.0. The number of rotatable bonds is 6. The van der Waals surface area contributed by atoms with Gasteiger partial charge in [-0.2, -0.15) is 5.10 Å². The van der Waals surface area contributed by atoms with Crippen LogP contribution < -0.4 is 0 Å². The Bertz CT molecular complexity index is 638. The third-order valence-corrected chi connectivity index (χ3v) is 4.67. The summed E-state index contributed by atoms with van der Waals surface area (Å²) >= 11 is 0. The van der Waals surface area contributed by atoms with E-state index in [1.807, 2.05) is 11.6 Å². The molecule has 0 amide bonds. The van der Waals surface area contributed by atoms with E-state index in [0.717, 1.165) is 51.8 Å². The van der Waals surface area contributed by atoms with Crippen LogP contribution in [0.2, 0.25) is 0 Å². The topological polar surface area (TPSA) is 37.2 Å². The maximum Gasteiger partial charge on any atom is 0.137 e. The molecule has 0 radical (unpaired) electrons. The minimum Gasteiger partial charge on any atom is -0.299 e. The van der Waals surface area contributed by atoms with Gasteiger partial charge in [0.05, 0.1) is 6.54 Å². The molecular formula is C17H23F2N5. The summed E-state index contributed by atoms with van der Waals surface area (Å²) in [5, 5.41) is 4.11. The Kier molecular flexibility index (Phi) is 5.52. The highest BCUT2D eigenvalue weighted by Crippen LogP contribution is 2.27. The van der Waals surface area contributed by atoms with Crippen molar-refractivity contribution in [3.8, 4) is 0 Å². The number of halogens is 2. The van der Waals surface area contributed by atoms with Crippen molar-refractivity contribution in [2.75, 3.05) is 32.7 Å². The van der Waals surface area contributed by atoms with Crippen LogP contribution in [-0.2, 0) is 6.54 Å². The summed E-state index contributed by atoms with van der Waals surface area (Å²) in [4.78, 5) is 8.62. The molecular weight excluding hydrogens is 312 g/mol. The molecule has 0 unspecified atom stereocenters. The van der Waals surface area contributed by atoms with Gasteiger partial charge in [-0.25, -0.2) is 13.8 Å². The first-order chi connectivity index (χ1) is 11.7. The summed E-state index contributed by atoms with van der Waals surface area (Å²) < 4.78 is 29.1. The van der Waals surface area contributed by atoms with Crippen LogP contribution in [-0.4, -0.2) is 57.3 Å². The van der Waals surface area contributed by atoms with Crippen molar-refractivity contribution in [3.63, 3.8) is 0 Å². The maximum atomic E-state index is 14.1. The number of piperazine rings is 1. The molecule has 1 atom stereocenters. The highest BCUT2D eigenvalue weighted by atomic mass is 19.1. The van der Waals surface area contributed by atoms with Gasteiger partial charge >= 0.3 is 0 Å². The predicted molar refractivity (Wildman–Crippen MR) is 87.4 cm³/mol. The second-order valence-corrected chi connectivity index (χ2v) is 6.13. The molecule has 1 aliphatic rings. The quantitative estimate of drug-likeness (QED) is 0.812. The summed E-state index contributed by atoms with van der Waals surface area (Å²) in [6.07, 6.45) is 4.07. The minimum absolute atomic E-state index is 0.00284. The van der Waals surface area contributed by atoms with Gasteiger partial charge in [0.15, 0.2) is 0 Å². The Morgan fingerprint density at radius 2 is 1.92 bits per heavy atom. The zero-order chi connectivity index (χ0) is 16.9. The highest BCUT2D eigenvalue weighted by Gasteiger charge is 2.25. The van der Waals surface area contributed by atoms with Gasteiger partial charge < -0.3 is 0 Å². The second-order valence-electron chi connectivity index (χ2n) is 6.13. The Balaban J connectivity index is 1.56. The van der Waals surface area contributed by atoms with Gasteiger partial charge in [0.25, 0.3) is 0 Å². The minimum atomic E-state index is -0.524. The molecule has 0 N–H and O–H groups in total. The highest BCUT2D eigenvalue weighted by molar-refractivity contribution is 5.22. The summed E-state index contributed by atoms with van der Waals surface area (Å²) in [5.74, 6) is -0.973. The van der Waals surface area contributed by atoms with Crippen LogP contribution in [0.25, 0.3) is 0 Å². The van der Waals surface area contributed by atoms with E-state index < -0.39 is 11.6 Å². The number of hydrogen-bond donors (Lipinski definition) is 0. The van der Waals surface area contributed by atoms with Crippen LogP contribution in [0, 0.1) is 11.6 Å². The summed E-state index contributed by atoms with van der Waals surface area (Å²) in [6.45, 7) is 7.44. The van der Waals surface area contributed by atoms with Gasteiger partial charge in [0.2, 0.25) is 0 Å². The smallest absolute Gasteiger partial charge is 0.137 e. The Hall–Kier alpha value is -1.86. The molecule has 0 spiro atoms. The third kappa shape index (κ3) is 3.96. The molecule has 2 aromatic rings. The van der Waals surface area contributed by atoms with Crippen LogP contribution in [0.4, 0.5) is 8.78 Å². The zero-order valence-electron chi connectivity index (χ0n) is 13.9. The molecule has 0 bridgehead atoms. The van der Waals surface area contributed by atoms with E-state index >= 15 is 0 Å². The van der Waals surface area contributed by atoms with Crippen molar-refractivity contribution >= 4 is 0 Å². The summed E-state index contributed by atoms with van der Waals surface area (Å²) in [7, 11) is 0. The first kappa shape index (κ1) is 17.0. The lowest BCUT2D eigenvalue weighted by Gasteiger charge is -2.39.